The second kappa shape index (κ2) is 8.38. The number of methoxy groups -OCH3 is 2. The Morgan fingerprint density at radius 1 is 1.14 bits per heavy atom. The number of nitrogens with one attached hydrogen (secondary N) is 1. The molecule has 2 rings (SSSR count). The van der Waals surface area contributed by atoms with E-state index in [0.29, 0.717) is 6.61 Å². The van der Waals surface area contributed by atoms with E-state index in [4.69, 9.17) is 19.4 Å². The number of aryl methyl sites for hydroxylation is 2. The van der Waals surface area contributed by atoms with Crippen LogP contribution < -0.4 is 10.6 Å². The van der Waals surface area contributed by atoms with Crippen LogP contribution in [-0.2, 0) is 16.0 Å². The van der Waals surface area contributed by atoms with E-state index < -0.39 is 0 Å². The first kappa shape index (κ1) is 17.1. The molecular formula is C15H25N4O2S+. The average molecular weight is 325 g/mol. The number of ether oxygens (including phenoxy) is 2. The molecule has 0 aliphatic carbocycles. The summed E-state index contributed by atoms with van der Waals surface area (Å²) in [4.78, 5) is 11.8. The van der Waals surface area contributed by atoms with Gasteiger partial charge in [0, 0.05) is 25.6 Å². The third-order valence-electron chi connectivity index (χ3n) is 3.53. The lowest BCUT2D eigenvalue weighted by atomic mass is 10.2. The molecule has 0 amide bonds. The van der Waals surface area contributed by atoms with Gasteiger partial charge in [-0.2, -0.15) is 0 Å². The molecule has 3 N–H and O–H groups in total. The van der Waals surface area contributed by atoms with E-state index in [2.05, 4.69) is 24.5 Å². The minimum absolute atomic E-state index is 0.656. The number of hydrogen-bond donors (Lipinski definition) is 2. The van der Waals surface area contributed by atoms with Gasteiger partial charge < -0.3 is 20.1 Å². The monoisotopic (exact) mass is 325 g/mol. The number of hydrogen-bond acceptors (Lipinski definition) is 6. The number of fused-ring (bicyclic) bond motifs is 1. The molecule has 0 radical (unpaired) electrons. The maximum atomic E-state index is 5.11. The summed E-state index contributed by atoms with van der Waals surface area (Å²) in [6.07, 6.45) is 0. The Balaban J connectivity index is 2.22. The Hall–Kier alpha value is -1.28. The van der Waals surface area contributed by atoms with Crippen molar-refractivity contribution in [3.63, 3.8) is 0 Å². The first-order valence-corrected chi connectivity index (χ1v) is 8.29. The van der Waals surface area contributed by atoms with Gasteiger partial charge in [0.05, 0.1) is 25.1 Å². The molecule has 0 atom stereocenters. The van der Waals surface area contributed by atoms with Crippen molar-refractivity contribution in [3.05, 3.63) is 16.3 Å². The molecule has 7 heteroatoms. The summed E-state index contributed by atoms with van der Waals surface area (Å²) >= 11 is 1.73. The van der Waals surface area contributed by atoms with E-state index in [1.54, 1.807) is 25.6 Å². The van der Waals surface area contributed by atoms with Crippen LogP contribution in [-0.4, -0.2) is 50.5 Å². The van der Waals surface area contributed by atoms with Gasteiger partial charge in [0.1, 0.15) is 17.2 Å². The highest BCUT2D eigenvalue weighted by Crippen LogP contribution is 2.33. The molecule has 0 unspecified atom stereocenters. The Kier molecular flexibility index (Phi) is 6.50. The third kappa shape index (κ3) is 4.13. The quantitative estimate of drug-likeness (QED) is 0.675. The van der Waals surface area contributed by atoms with Crippen molar-refractivity contribution in [2.24, 2.45) is 0 Å². The van der Waals surface area contributed by atoms with Gasteiger partial charge in [-0.25, -0.2) is 9.97 Å². The molecule has 22 heavy (non-hydrogen) atoms. The predicted octanol–water partition coefficient (Wildman–Crippen LogP) is 1.08. The van der Waals surface area contributed by atoms with E-state index in [-0.39, 0.29) is 0 Å². The van der Waals surface area contributed by atoms with Crippen LogP contribution in [0.5, 0.6) is 0 Å². The summed E-state index contributed by atoms with van der Waals surface area (Å²) in [6, 6.07) is 0. The molecule has 2 aromatic rings. The fourth-order valence-electron chi connectivity index (χ4n) is 2.22. The van der Waals surface area contributed by atoms with Gasteiger partial charge in [-0.05, 0) is 19.4 Å². The normalized spacial score (nSPS) is 11.3. The predicted molar refractivity (Wildman–Crippen MR) is 89.6 cm³/mol. The van der Waals surface area contributed by atoms with Crippen molar-refractivity contribution in [2.75, 3.05) is 45.8 Å². The minimum Gasteiger partial charge on any atom is -0.383 e. The Morgan fingerprint density at radius 3 is 2.64 bits per heavy atom. The van der Waals surface area contributed by atoms with Crippen LogP contribution in [0.15, 0.2) is 0 Å². The van der Waals surface area contributed by atoms with Crippen molar-refractivity contribution >= 4 is 27.4 Å². The standard InChI is InChI=1S/C15H24N4O2S/c1-10-11(2)22-15-13(10)14(17-6-8-21-4)18-12(19-15)9-16-5-7-20-3/h16H,5-9H2,1-4H3,(H,17,18,19)/p+1. The second-order valence-corrected chi connectivity index (χ2v) is 6.35. The maximum Gasteiger partial charge on any atom is 0.187 e. The summed E-state index contributed by atoms with van der Waals surface area (Å²) in [7, 11) is 3.42. The molecule has 0 aliphatic rings. The Bertz CT molecular complexity index is 615. The van der Waals surface area contributed by atoms with Gasteiger partial charge in [-0.15, -0.1) is 11.3 Å². The molecule has 0 fully saturated rings. The van der Waals surface area contributed by atoms with Gasteiger partial charge in [0.25, 0.3) is 0 Å². The lowest BCUT2D eigenvalue weighted by Crippen LogP contribution is -2.83. The summed E-state index contributed by atoms with van der Waals surface area (Å²) < 4.78 is 10.2. The van der Waals surface area contributed by atoms with Crippen LogP contribution in [0.2, 0.25) is 0 Å². The van der Waals surface area contributed by atoms with E-state index in [1.165, 1.54) is 10.4 Å². The molecule has 6 nitrogen and oxygen atoms in total. The van der Waals surface area contributed by atoms with Crippen molar-refractivity contribution < 1.29 is 14.8 Å². The zero-order valence-corrected chi connectivity index (χ0v) is 14.5. The largest absolute Gasteiger partial charge is 0.383 e. The van der Waals surface area contributed by atoms with E-state index >= 15 is 0 Å². The molecule has 0 bridgehead atoms. The number of nitrogens with two attached hydrogens (primary N) is 1. The number of nitrogens with zero attached hydrogens (tertiary/aromatic N) is 2. The number of thiophene rings is 1. The van der Waals surface area contributed by atoms with Gasteiger partial charge in [0.2, 0.25) is 0 Å². The van der Waals surface area contributed by atoms with E-state index in [9.17, 15) is 0 Å². The van der Waals surface area contributed by atoms with Crippen LogP contribution in [0.3, 0.4) is 0 Å². The van der Waals surface area contributed by atoms with E-state index in [1.807, 2.05) is 0 Å². The average Bonchev–Trinajstić information content (AvgIpc) is 2.79. The molecule has 2 heterocycles. The fourth-order valence-corrected chi connectivity index (χ4v) is 3.26. The minimum atomic E-state index is 0.656. The van der Waals surface area contributed by atoms with Gasteiger partial charge >= 0.3 is 0 Å². The van der Waals surface area contributed by atoms with Crippen LogP contribution in [0, 0.1) is 13.8 Å². The van der Waals surface area contributed by atoms with Gasteiger partial charge in [-0.1, -0.05) is 0 Å². The zero-order valence-electron chi connectivity index (χ0n) is 13.7. The maximum absolute atomic E-state index is 5.11. The fraction of sp³-hybridized carbons (Fsp3) is 0.600. The molecule has 0 saturated heterocycles. The number of quaternary nitrogens is 1. The summed E-state index contributed by atoms with van der Waals surface area (Å²) in [5.41, 5.74) is 1.26. The van der Waals surface area contributed by atoms with Crippen molar-refractivity contribution in [3.8, 4) is 0 Å². The molecule has 0 saturated carbocycles. The number of aromatic nitrogens is 2. The SMILES string of the molecule is COCCNc1nc(C[NH2+]CCOC)nc2sc(C)c(C)c12. The number of rotatable bonds is 9. The smallest absolute Gasteiger partial charge is 0.187 e. The molecule has 0 aromatic carbocycles. The Morgan fingerprint density at radius 2 is 1.91 bits per heavy atom. The molecule has 0 spiro atoms. The summed E-state index contributed by atoms with van der Waals surface area (Å²) in [5.74, 6) is 1.77. The summed E-state index contributed by atoms with van der Waals surface area (Å²) in [5, 5.41) is 6.68. The van der Waals surface area contributed by atoms with Crippen LogP contribution >= 0.6 is 11.3 Å². The highest BCUT2D eigenvalue weighted by atomic mass is 32.1. The van der Waals surface area contributed by atoms with Crippen LogP contribution in [0.25, 0.3) is 10.2 Å². The molecule has 2 aromatic heterocycles. The van der Waals surface area contributed by atoms with Crippen LogP contribution in [0.4, 0.5) is 5.82 Å². The molecule has 122 valence electrons. The number of anilines is 1. The van der Waals surface area contributed by atoms with Gasteiger partial charge in [0.15, 0.2) is 5.82 Å². The highest BCUT2D eigenvalue weighted by Gasteiger charge is 2.15. The second-order valence-electron chi connectivity index (χ2n) is 5.15. The van der Waals surface area contributed by atoms with E-state index in [0.717, 1.165) is 48.1 Å². The van der Waals surface area contributed by atoms with Gasteiger partial charge in [-0.3, -0.25) is 0 Å². The first-order chi connectivity index (χ1) is 10.7. The van der Waals surface area contributed by atoms with Crippen molar-refractivity contribution in [2.45, 2.75) is 20.4 Å². The third-order valence-corrected chi connectivity index (χ3v) is 4.63. The molecular weight excluding hydrogens is 300 g/mol. The van der Waals surface area contributed by atoms with Crippen LogP contribution in [0.1, 0.15) is 16.3 Å². The van der Waals surface area contributed by atoms with Crippen molar-refractivity contribution in [1.82, 2.24) is 9.97 Å². The zero-order chi connectivity index (χ0) is 15.9. The lowest BCUT2D eigenvalue weighted by molar-refractivity contribution is -0.672. The Labute approximate surface area is 135 Å². The highest BCUT2D eigenvalue weighted by molar-refractivity contribution is 7.18. The van der Waals surface area contributed by atoms with Crippen molar-refractivity contribution in [1.29, 1.82) is 0 Å². The molecule has 0 aliphatic heterocycles. The first-order valence-electron chi connectivity index (χ1n) is 7.47. The summed E-state index contributed by atoms with van der Waals surface area (Å²) in [6.45, 7) is 8.06. The topological polar surface area (TPSA) is 72.9 Å². The lowest BCUT2D eigenvalue weighted by Gasteiger charge is -2.09.